The zero-order chi connectivity index (χ0) is 32.6. The number of hydrogen-bond acceptors (Lipinski definition) is 4. The summed E-state index contributed by atoms with van der Waals surface area (Å²) in [6.45, 7) is 1.04. The van der Waals surface area contributed by atoms with E-state index in [1.165, 1.54) is 7.48 Å². The second-order valence-corrected chi connectivity index (χ2v) is 12.0. The molecule has 0 saturated carbocycles. The molecule has 48 heavy (non-hydrogen) atoms. The third-order valence-electron chi connectivity index (χ3n) is 9.33. The molecule has 8 heteroatoms. The highest BCUT2D eigenvalue weighted by molar-refractivity contribution is 6.59. The Morgan fingerprint density at radius 2 is 0.854 bits per heavy atom. The summed E-state index contributed by atoms with van der Waals surface area (Å²) in [5.74, 6) is 0. The number of fused-ring (bicyclic) bond motifs is 4. The van der Waals surface area contributed by atoms with E-state index in [1.54, 1.807) is 6.07 Å². The highest BCUT2D eigenvalue weighted by atomic mass is 17.1. The zero-order valence-corrected chi connectivity index (χ0v) is 26.1. The predicted octanol–water partition coefficient (Wildman–Crippen LogP) is 5.05. The molecule has 3 N–H and O–H groups in total. The summed E-state index contributed by atoms with van der Waals surface area (Å²) in [6.07, 6.45) is 0. The van der Waals surface area contributed by atoms with Crippen molar-refractivity contribution in [3.63, 3.8) is 0 Å². The van der Waals surface area contributed by atoms with Gasteiger partial charge in [0.2, 0.25) is 22.1 Å². The highest BCUT2D eigenvalue weighted by Gasteiger charge is 2.29. The minimum Gasteiger partial charge on any atom is -0.423 e. The van der Waals surface area contributed by atoms with E-state index in [4.69, 9.17) is 0 Å². The van der Waals surface area contributed by atoms with Gasteiger partial charge >= 0.3 is 14.6 Å². The number of nitrogens with zero attached hydrogens (tertiary/aromatic N) is 2. The summed E-state index contributed by atoms with van der Waals surface area (Å²) >= 11 is 0. The Kier molecular flexibility index (Phi) is 7.92. The van der Waals surface area contributed by atoms with E-state index in [0.717, 1.165) is 71.3 Å². The average molecular weight is 625 g/mol. The van der Waals surface area contributed by atoms with Gasteiger partial charge in [0.1, 0.15) is 0 Å². The molecule has 2 aromatic heterocycles. The molecular weight excluding hydrogens is 594 g/mol. The number of pyridine rings is 2. The number of rotatable bonds is 8. The van der Waals surface area contributed by atoms with Crippen LogP contribution in [0.5, 0.6) is 0 Å². The molecule has 0 saturated heterocycles. The van der Waals surface area contributed by atoms with Gasteiger partial charge in [0, 0.05) is 46.5 Å². The Bertz CT molecular complexity index is 2370. The van der Waals surface area contributed by atoms with E-state index in [9.17, 15) is 15.3 Å². The lowest BCUT2D eigenvalue weighted by molar-refractivity contribution is -0.636. The Balaban J connectivity index is 1.45. The van der Waals surface area contributed by atoms with Gasteiger partial charge in [0.05, 0.1) is 21.5 Å². The lowest BCUT2D eigenvalue weighted by atomic mass is 9.77. The van der Waals surface area contributed by atoms with Crippen LogP contribution in [0.25, 0.3) is 54.7 Å². The van der Waals surface area contributed by atoms with Crippen LogP contribution in [0.15, 0.2) is 146 Å². The topological polar surface area (TPSA) is 77.7 Å². The molecule has 0 amide bonds. The van der Waals surface area contributed by atoms with E-state index in [-0.39, 0.29) is 0 Å². The van der Waals surface area contributed by atoms with Gasteiger partial charge in [-0.25, -0.2) is 0 Å². The molecular formula is C40H31B2N2O4+2. The molecule has 0 spiro atoms. The molecule has 8 aromatic rings. The normalized spacial score (nSPS) is 11.5. The Labute approximate surface area is 278 Å². The smallest absolute Gasteiger partial charge is 0.423 e. The van der Waals surface area contributed by atoms with Crippen LogP contribution in [-0.4, -0.2) is 29.9 Å². The van der Waals surface area contributed by atoms with Crippen molar-refractivity contribution in [1.82, 2.24) is 0 Å². The molecule has 0 atom stereocenters. The van der Waals surface area contributed by atoms with Crippen LogP contribution in [0.3, 0.4) is 0 Å². The van der Waals surface area contributed by atoms with Gasteiger partial charge in [0.25, 0.3) is 0 Å². The van der Waals surface area contributed by atoms with Crippen LogP contribution in [0, 0.1) is 0 Å². The summed E-state index contributed by atoms with van der Waals surface area (Å²) in [5.41, 5.74) is 9.74. The fourth-order valence-corrected chi connectivity index (χ4v) is 7.23. The van der Waals surface area contributed by atoms with Gasteiger partial charge in [-0.1, -0.05) is 97.1 Å². The third-order valence-corrected chi connectivity index (χ3v) is 9.33. The first-order valence-electron chi connectivity index (χ1n) is 16.0. The summed E-state index contributed by atoms with van der Waals surface area (Å²) in [7, 11) is -0.195. The Morgan fingerprint density at radius 1 is 0.479 bits per heavy atom. The first-order chi connectivity index (χ1) is 23.6. The maximum atomic E-state index is 10.2. The molecule has 1 radical (unpaired) electrons. The fourth-order valence-electron chi connectivity index (χ4n) is 7.23. The summed E-state index contributed by atoms with van der Waals surface area (Å²) in [5, 5.41) is 34.1. The molecule has 0 unspecified atom stereocenters. The quantitative estimate of drug-likeness (QED) is 0.0727. The first-order valence-corrected chi connectivity index (χ1v) is 16.0. The number of benzene rings is 6. The maximum Gasteiger partial charge on any atom is 0.488 e. The largest absolute Gasteiger partial charge is 0.488 e. The van der Waals surface area contributed by atoms with Crippen LogP contribution in [0.4, 0.5) is 0 Å². The number of hydrogen-bond donors (Lipinski definition) is 3. The molecule has 6 aromatic carbocycles. The van der Waals surface area contributed by atoms with Crippen LogP contribution in [0.1, 0.15) is 11.1 Å². The first kappa shape index (κ1) is 30.0. The van der Waals surface area contributed by atoms with Crippen molar-refractivity contribution >= 4 is 69.1 Å². The molecule has 0 aliphatic heterocycles. The Morgan fingerprint density at radius 3 is 1.31 bits per heavy atom. The summed E-state index contributed by atoms with van der Waals surface area (Å²) in [4.78, 5) is 4.44. The second kappa shape index (κ2) is 12.7. The molecule has 6 nitrogen and oxygen atoms in total. The van der Waals surface area contributed by atoms with Gasteiger partial charge in [-0.05, 0) is 35.2 Å². The summed E-state index contributed by atoms with van der Waals surface area (Å²) in [6, 6.07) is 49.5. The van der Waals surface area contributed by atoms with Gasteiger partial charge in [-0.2, -0.15) is 9.13 Å². The molecule has 0 aliphatic rings. The van der Waals surface area contributed by atoms with Gasteiger partial charge in [0.15, 0.2) is 13.1 Å². The molecule has 0 fully saturated rings. The standard InChI is InChI=1S/C40H30B2N2O4/c45-42(46)34-20-8-2-14-28(34)26-44-37-23-11-5-17-31(37)40(32-18-6-12-24-38(32)44)39-29-15-3-9-21-35(29)43(36-22-10-4-16-30(36)39)25-27-13-1-7-19-33(27)41-48-47/h1-24,45-46H,25-26H2/q+1/p+1. The Hall–Kier alpha value is -5.37. The van der Waals surface area contributed by atoms with E-state index >= 15 is 0 Å². The minimum atomic E-state index is -1.56. The van der Waals surface area contributed by atoms with Crippen molar-refractivity contribution in [2.24, 2.45) is 0 Å². The second-order valence-electron chi connectivity index (χ2n) is 12.0. The summed E-state index contributed by atoms with van der Waals surface area (Å²) < 4.78 is 4.61. The van der Waals surface area contributed by atoms with E-state index in [2.05, 4.69) is 117 Å². The van der Waals surface area contributed by atoms with Crippen LogP contribution in [0.2, 0.25) is 0 Å². The zero-order valence-electron chi connectivity index (χ0n) is 26.1. The van der Waals surface area contributed by atoms with Gasteiger partial charge in [-0.15, -0.1) is 0 Å². The average Bonchev–Trinajstić information content (AvgIpc) is 3.13. The van der Waals surface area contributed by atoms with Crippen LogP contribution >= 0.6 is 0 Å². The maximum absolute atomic E-state index is 10.2. The number of para-hydroxylation sites is 4. The molecule has 0 aliphatic carbocycles. The van der Waals surface area contributed by atoms with Crippen molar-refractivity contribution in [2.75, 3.05) is 0 Å². The van der Waals surface area contributed by atoms with Gasteiger partial charge < -0.3 is 14.9 Å². The monoisotopic (exact) mass is 625 g/mol. The van der Waals surface area contributed by atoms with Crippen LogP contribution in [-0.2, 0) is 17.9 Å². The van der Waals surface area contributed by atoms with Crippen molar-refractivity contribution in [2.45, 2.75) is 13.1 Å². The lowest BCUT2D eigenvalue weighted by Gasteiger charge is -2.17. The molecule has 2 heterocycles. The lowest BCUT2D eigenvalue weighted by Crippen LogP contribution is -2.42. The molecule has 229 valence electrons. The number of aromatic nitrogens is 2. The molecule has 8 rings (SSSR count). The predicted molar refractivity (Wildman–Crippen MR) is 192 cm³/mol. The van der Waals surface area contributed by atoms with E-state index in [0.29, 0.717) is 18.6 Å². The fraction of sp³-hybridized carbons (Fsp3) is 0.0500. The molecule has 0 bridgehead atoms. The van der Waals surface area contributed by atoms with Gasteiger partial charge in [-0.3, -0.25) is 5.26 Å². The van der Waals surface area contributed by atoms with E-state index < -0.39 is 7.12 Å². The minimum absolute atomic E-state index is 0.472. The van der Waals surface area contributed by atoms with E-state index in [1.807, 2.05) is 36.4 Å². The highest BCUT2D eigenvalue weighted by Crippen LogP contribution is 2.41. The SMILES string of the molecule is OO[B]c1ccccc1C[n+]1c2ccccc2c(-c2c3ccccc3[n+](Cc3ccccc3B(O)O)c3ccccc23)c2ccccc21. The van der Waals surface area contributed by atoms with Crippen LogP contribution < -0.4 is 20.1 Å². The van der Waals surface area contributed by atoms with Crippen molar-refractivity contribution in [3.8, 4) is 11.1 Å². The van der Waals surface area contributed by atoms with Crippen molar-refractivity contribution in [3.05, 3.63) is 157 Å². The van der Waals surface area contributed by atoms with Crippen molar-refractivity contribution in [1.29, 1.82) is 0 Å². The van der Waals surface area contributed by atoms with Crippen molar-refractivity contribution < 1.29 is 29.2 Å². The third kappa shape index (κ3) is 5.12.